The second-order valence-electron chi connectivity index (χ2n) is 2.88. The molecular weight excluding hydrogens is 169 g/mol. The van der Waals surface area contributed by atoms with Gasteiger partial charge >= 0.3 is 0 Å². The van der Waals surface area contributed by atoms with E-state index in [1.54, 1.807) is 6.07 Å². The van der Waals surface area contributed by atoms with Gasteiger partial charge in [-0.25, -0.2) is 4.39 Å². The van der Waals surface area contributed by atoms with Crippen molar-refractivity contribution < 1.29 is 9.13 Å². The minimum Gasteiger partial charge on any atom is -0.489 e. The van der Waals surface area contributed by atoms with Gasteiger partial charge < -0.3 is 10.5 Å². The summed E-state index contributed by atoms with van der Waals surface area (Å²) in [5.41, 5.74) is 7.24. The molecule has 1 aromatic rings. The zero-order valence-electron chi connectivity index (χ0n) is 7.09. The van der Waals surface area contributed by atoms with Crippen molar-refractivity contribution in [1.29, 1.82) is 0 Å². The summed E-state index contributed by atoms with van der Waals surface area (Å²) in [6, 6.07) is 4.47. The first-order chi connectivity index (χ1) is 6.31. The molecular formula is C10H10FNO. The van der Waals surface area contributed by atoms with Crippen LogP contribution >= 0.6 is 0 Å². The zero-order chi connectivity index (χ0) is 9.26. The smallest absolute Gasteiger partial charge is 0.127 e. The Morgan fingerprint density at radius 1 is 1.46 bits per heavy atom. The third kappa shape index (κ3) is 1.42. The molecule has 68 valence electrons. The highest BCUT2D eigenvalue weighted by atomic mass is 19.1. The lowest BCUT2D eigenvalue weighted by molar-refractivity contribution is 0.356. The lowest BCUT2D eigenvalue weighted by atomic mass is 10.0. The monoisotopic (exact) mass is 179 g/mol. The van der Waals surface area contributed by atoms with Gasteiger partial charge in [-0.3, -0.25) is 0 Å². The Balaban J connectivity index is 2.51. The minimum atomic E-state index is -0.261. The molecule has 0 amide bonds. The number of ether oxygens (including phenoxy) is 1. The molecule has 1 heterocycles. The Kier molecular flexibility index (Phi) is 2.02. The van der Waals surface area contributed by atoms with E-state index >= 15 is 0 Å². The summed E-state index contributed by atoms with van der Waals surface area (Å²) in [5.74, 6) is 0.452. The highest BCUT2D eigenvalue weighted by Gasteiger charge is 2.12. The second-order valence-corrected chi connectivity index (χ2v) is 2.88. The Bertz CT molecular complexity index is 360. The van der Waals surface area contributed by atoms with E-state index in [-0.39, 0.29) is 5.82 Å². The van der Waals surface area contributed by atoms with Crippen molar-refractivity contribution in [1.82, 2.24) is 0 Å². The maximum atomic E-state index is 12.9. The van der Waals surface area contributed by atoms with Crippen molar-refractivity contribution in [2.45, 2.75) is 0 Å². The maximum Gasteiger partial charge on any atom is 0.127 e. The molecule has 0 aliphatic carbocycles. The largest absolute Gasteiger partial charge is 0.489 e. The van der Waals surface area contributed by atoms with Gasteiger partial charge in [0.05, 0.1) is 0 Å². The van der Waals surface area contributed by atoms with Gasteiger partial charge in [0, 0.05) is 12.1 Å². The molecule has 2 N–H and O–H groups in total. The lowest BCUT2D eigenvalue weighted by Gasteiger charge is -2.17. The summed E-state index contributed by atoms with van der Waals surface area (Å²) in [4.78, 5) is 0. The molecule has 0 unspecified atom stereocenters. The van der Waals surface area contributed by atoms with E-state index in [1.807, 2.05) is 6.08 Å². The predicted octanol–water partition coefficient (Wildman–Crippen LogP) is 1.56. The minimum absolute atomic E-state index is 0.261. The first kappa shape index (κ1) is 8.26. The zero-order valence-corrected chi connectivity index (χ0v) is 7.09. The van der Waals surface area contributed by atoms with Gasteiger partial charge in [-0.05, 0) is 29.8 Å². The van der Waals surface area contributed by atoms with Crippen LogP contribution in [0.15, 0.2) is 24.3 Å². The number of nitrogens with two attached hydrogens (primary N) is 1. The van der Waals surface area contributed by atoms with Crippen LogP contribution in [-0.4, -0.2) is 13.2 Å². The van der Waals surface area contributed by atoms with E-state index in [1.165, 1.54) is 12.1 Å². The Hall–Kier alpha value is -1.35. The predicted molar refractivity (Wildman–Crippen MR) is 48.9 cm³/mol. The normalized spacial score (nSPS) is 14.5. The molecule has 0 fully saturated rings. The summed E-state index contributed by atoms with van der Waals surface area (Å²) in [6.07, 6.45) is 1.88. The molecule has 2 nitrogen and oxygen atoms in total. The number of benzene rings is 1. The molecule has 1 aliphatic rings. The van der Waals surface area contributed by atoms with E-state index in [2.05, 4.69) is 0 Å². The van der Waals surface area contributed by atoms with Gasteiger partial charge in [-0.1, -0.05) is 0 Å². The summed E-state index contributed by atoms with van der Waals surface area (Å²) in [7, 11) is 0. The number of rotatable bonds is 1. The van der Waals surface area contributed by atoms with Crippen LogP contribution in [0.2, 0.25) is 0 Å². The SMILES string of the molecule is NCC1=CCOc2ccc(F)cc21. The number of hydrogen-bond donors (Lipinski definition) is 1. The standard InChI is InChI=1S/C10H10FNO/c11-8-1-2-10-9(5-8)7(6-12)3-4-13-10/h1-3,5H,4,6,12H2. The third-order valence-corrected chi connectivity index (χ3v) is 2.08. The molecule has 0 saturated carbocycles. The Labute approximate surface area is 75.8 Å². The van der Waals surface area contributed by atoms with Gasteiger partial charge in [0.2, 0.25) is 0 Å². The molecule has 0 saturated heterocycles. The number of halogens is 1. The van der Waals surface area contributed by atoms with Gasteiger partial charge in [-0.15, -0.1) is 0 Å². The first-order valence-corrected chi connectivity index (χ1v) is 4.13. The lowest BCUT2D eigenvalue weighted by Crippen LogP contribution is -2.11. The average molecular weight is 179 g/mol. The molecule has 1 aliphatic heterocycles. The quantitative estimate of drug-likeness (QED) is 0.710. The molecule has 13 heavy (non-hydrogen) atoms. The van der Waals surface area contributed by atoms with Gasteiger partial charge in [0.1, 0.15) is 18.2 Å². The van der Waals surface area contributed by atoms with Gasteiger partial charge in [0.15, 0.2) is 0 Å². The van der Waals surface area contributed by atoms with Crippen LogP contribution in [0.1, 0.15) is 5.56 Å². The number of fused-ring (bicyclic) bond motifs is 1. The highest BCUT2D eigenvalue weighted by molar-refractivity contribution is 5.73. The number of hydrogen-bond acceptors (Lipinski definition) is 2. The van der Waals surface area contributed by atoms with E-state index in [0.29, 0.717) is 18.9 Å². The Morgan fingerprint density at radius 3 is 3.08 bits per heavy atom. The summed E-state index contributed by atoms with van der Waals surface area (Å²) >= 11 is 0. The van der Waals surface area contributed by atoms with Crippen LogP contribution in [0.25, 0.3) is 5.57 Å². The van der Waals surface area contributed by atoms with Crippen molar-refractivity contribution in [3.63, 3.8) is 0 Å². The molecule has 2 rings (SSSR count). The molecule has 3 heteroatoms. The van der Waals surface area contributed by atoms with Crippen molar-refractivity contribution in [2.24, 2.45) is 5.73 Å². The van der Waals surface area contributed by atoms with E-state index in [4.69, 9.17) is 10.5 Å². The summed E-state index contributed by atoms with van der Waals surface area (Å²) < 4.78 is 18.2. The third-order valence-electron chi connectivity index (χ3n) is 2.08. The fourth-order valence-electron chi connectivity index (χ4n) is 1.41. The molecule has 0 radical (unpaired) electrons. The molecule has 0 aromatic heterocycles. The second kappa shape index (κ2) is 3.18. The average Bonchev–Trinajstić information content (AvgIpc) is 2.17. The van der Waals surface area contributed by atoms with E-state index in [9.17, 15) is 4.39 Å². The molecule has 0 atom stereocenters. The van der Waals surface area contributed by atoms with E-state index in [0.717, 1.165) is 11.1 Å². The maximum absolute atomic E-state index is 12.9. The van der Waals surface area contributed by atoms with Crippen LogP contribution in [-0.2, 0) is 0 Å². The fraction of sp³-hybridized carbons (Fsp3) is 0.200. The van der Waals surface area contributed by atoms with Crippen LogP contribution in [0.3, 0.4) is 0 Å². The van der Waals surface area contributed by atoms with Crippen LogP contribution in [0.4, 0.5) is 4.39 Å². The van der Waals surface area contributed by atoms with Crippen LogP contribution in [0, 0.1) is 5.82 Å². The highest BCUT2D eigenvalue weighted by Crippen LogP contribution is 2.29. The summed E-state index contributed by atoms with van der Waals surface area (Å²) in [5, 5.41) is 0. The van der Waals surface area contributed by atoms with Gasteiger partial charge in [-0.2, -0.15) is 0 Å². The van der Waals surface area contributed by atoms with Crippen LogP contribution < -0.4 is 10.5 Å². The topological polar surface area (TPSA) is 35.2 Å². The van der Waals surface area contributed by atoms with Crippen molar-refractivity contribution in [3.8, 4) is 5.75 Å². The van der Waals surface area contributed by atoms with Crippen molar-refractivity contribution in [2.75, 3.05) is 13.2 Å². The molecule has 0 spiro atoms. The van der Waals surface area contributed by atoms with Gasteiger partial charge in [0.25, 0.3) is 0 Å². The Morgan fingerprint density at radius 2 is 2.31 bits per heavy atom. The van der Waals surface area contributed by atoms with Crippen molar-refractivity contribution in [3.05, 3.63) is 35.7 Å². The van der Waals surface area contributed by atoms with E-state index < -0.39 is 0 Å². The first-order valence-electron chi connectivity index (χ1n) is 4.13. The molecule has 0 bridgehead atoms. The summed E-state index contributed by atoms with van der Waals surface area (Å²) in [6.45, 7) is 0.935. The van der Waals surface area contributed by atoms with Crippen molar-refractivity contribution >= 4 is 5.57 Å². The fourth-order valence-corrected chi connectivity index (χ4v) is 1.41. The van der Waals surface area contributed by atoms with Crippen LogP contribution in [0.5, 0.6) is 5.75 Å². The molecule has 1 aromatic carbocycles.